The molecular formula is C13H22N4OS. The van der Waals surface area contributed by atoms with Gasteiger partial charge in [0.05, 0.1) is 5.75 Å². The smallest absolute Gasteiger partial charge is 0.230 e. The van der Waals surface area contributed by atoms with Crippen molar-refractivity contribution < 1.29 is 4.79 Å². The van der Waals surface area contributed by atoms with E-state index in [0.717, 1.165) is 17.5 Å². The summed E-state index contributed by atoms with van der Waals surface area (Å²) in [4.78, 5) is 11.8. The van der Waals surface area contributed by atoms with Crippen molar-refractivity contribution in [2.45, 2.75) is 44.2 Å². The summed E-state index contributed by atoms with van der Waals surface area (Å²) in [7, 11) is 1.91. The summed E-state index contributed by atoms with van der Waals surface area (Å²) in [5, 5.41) is 11.8. The number of hydrogen-bond acceptors (Lipinski definition) is 4. The summed E-state index contributed by atoms with van der Waals surface area (Å²) >= 11 is 1.44. The van der Waals surface area contributed by atoms with Gasteiger partial charge in [-0.25, -0.2) is 0 Å². The first-order valence-corrected chi connectivity index (χ1v) is 7.91. The fourth-order valence-electron chi connectivity index (χ4n) is 2.34. The summed E-state index contributed by atoms with van der Waals surface area (Å²) in [5.41, 5.74) is 0. The van der Waals surface area contributed by atoms with Crippen LogP contribution in [0, 0.1) is 12.8 Å². The van der Waals surface area contributed by atoms with Gasteiger partial charge in [0.1, 0.15) is 5.82 Å². The van der Waals surface area contributed by atoms with E-state index in [4.69, 9.17) is 0 Å². The highest BCUT2D eigenvalue weighted by Crippen LogP contribution is 2.22. The molecule has 1 amide bonds. The van der Waals surface area contributed by atoms with Crippen molar-refractivity contribution in [2.24, 2.45) is 13.0 Å². The maximum atomic E-state index is 11.8. The van der Waals surface area contributed by atoms with E-state index >= 15 is 0 Å². The van der Waals surface area contributed by atoms with Gasteiger partial charge in [-0.3, -0.25) is 4.79 Å². The van der Waals surface area contributed by atoms with Gasteiger partial charge in [-0.15, -0.1) is 10.2 Å². The van der Waals surface area contributed by atoms with Crippen LogP contribution < -0.4 is 5.32 Å². The second-order valence-corrected chi connectivity index (χ2v) is 6.13. The first-order chi connectivity index (χ1) is 9.16. The number of aryl methyl sites for hydroxylation is 1. The lowest BCUT2D eigenvalue weighted by atomic mass is 9.89. The topological polar surface area (TPSA) is 59.8 Å². The third-order valence-electron chi connectivity index (χ3n) is 3.70. The SMILES string of the molecule is Cc1nnc(SCC(=O)NCC2CCCCC2)n1C. The molecule has 1 fully saturated rings. The number of hydrogen-bond donors (Lipinski definition) is 1. The molecule has 5 nitrogen and oxygen atoms in total. The quantitative estimate of drug-likeness (QED) is 0.838. The van der Waals surface area contributed by atoms with E-state index in [0.29, 0.717) is 11.7 Å². The second-order valence-electron chi connectivity index (χ2n) is 5.19. The Labute approximate surface area is 118 Å². The van der Waals surface area contributed by atoms with Gasteiger partial charge in [-0.05, 0) is 25.7 Å². The van der Waals surface area contributed by atoms with Crippen LogP contribution in [0.1, 0.15) is 37.9 Å². The molecule has 0 radical (unpaired) electrons. The fraction of sp³-hybridized carbons (Fsp3) is 0.769. The van der Waals surface area contributed by atoms with Gasteiger partial charge in [0, 0.05) is 13.6 Å². The van der Waals surface area contributed by atoms with Crippen LogP contribution in [-0.4, -0.2) is 33.0 Å². The van der Waals surface area contributed by atoms with Crippen molar-refractivity contribution in [1.82, 2.24) is 20.1 Å². The lowest BCUT2D eigenvalue weighted by molar-refractivity contribution is -0.118. The highest BCUT2D eigenvalue weighted by atomic mass is 32.2. The van der Waals surface area contributed by atoms with Crippen LogP contribution in [0.4, 0.5) is 0 Å². The molecule has 106 valence electrons. The first kappa shape index (κ1) is 14.4. The largest absolute Gasteiger partial charge is 0.355 e. The van der Waals surface area contributed by atoms with Crippen molar-refractivity contribution >= 4 is 17.7 Å². The maximum absolute atomic E-state index is 11.8. The van der Waals surface area contributed by atoms with E-state index < -0.39 is 0 Å². The third kappa shape index (κ3) is 4.23. The normalized spacial score (nSPS) is 16.5. The Balaban J connectivity index is 1.68. The lowest BCUT2D eigenvalue weighted by Crippen LogP contribution is -2.31. The van der Waals surface area contributed by atoms with Crippen molar-refractivity contribution in [3.63, 3.8) is 0 Å². The molecule has 1 aromatic rings. The van der Waals surface area contributed by atoms with Crippen molar-refractivity contribution in [3.8, 4) is 0 Å². The van der Waals surface area contributed by atoms with Gasteiger partial charge in [0.25, 0.3) is 0 Å². The Hall–Kier alpha value is -1.04. The van der Waals surface area contributed by atoms with E-state index in [1.54, 1.807) is 0 Å². The zero-order chi connectivity index (χ0) is 13.7. The van der Waals surface area contributed by atoms with Crippen LogP contribution in [0.5, 0.6) is 0 Å². The first-order valence-electron chi connectivity index (χ1n) is 6.92. The molecule has 1 heterocycles. The predicted molar refractivity (Wildman–Crippen MR) is 76.0 cm³/mol. The molecule has 0 aliphatic heterocycles. The minimum Gasteiger partial charge on any atom is -0.355 e. The average Bonchev–Trinajstić information content (AvgIpc) is 2.75. The number of carbonyl (C=O) groups excluding carboxylic acids is 1. The molecule has 1 saturated carbocycles. The minimum atomic E-state index is 0.0937. The standard InChI is InChI=1S/C13H22N4OS/c1-10-15-16-13(17(10)2)19-9-12(18)14-8-11-6-4-3-5-7-11/h11H,3-9H2,1-2H3,(H,14,18). The van der Waals surface area contributed by atoms with Gasteiger partial charge in [-0.2, -0.15) is 0 Å². The molecule has 0 aromatic carbocycles. The zero-order valence-corrected chi connectivity index (χ0v) is 12.5. The molecule has 0 unspecified atom stereocenters. The van der Waals surface area contributed by atoms with Gasteiger partial charge in [-0.1, -0.05) is 31.0 Å². The minimum absolute atomic E-state index is 0.0937. The fourth-order valence-corrected chi connectivity index (χ4v) is 3.13. The van der Waals surface area contributed by atoms with Gasteiger partial charge >= 0.3 is 0 Å². The lowest BCUT2D eigenvalue weighted by Gasteiger charge is -2.21. The summed E-state index contributed by atoms with van der Waals surface area (Å²) in [6.45, 7) is 2.73. The van der Waals surface area contributed by atoms with Crippen LogP contribution in [-0.2, 0) is 11.8 Å². The number of nitrogens with one attached hydrogen (secondary N) is 1. The van der Waals surface area contributed by atoms with Crippen LogP contribution in [0.15, 0.2) is 5.16 Å². The molecule has 1 aromatic heterocycles. The summed E-state index contributed by atoms with van der Waals surface area (Å²) in [5.74, 6) is 2.06. The number of aromatic nitrogens is 3. The van der Waals surface area contributed by atoms with E-state index in [1.165, 1.54) is 43.9 Å². The number of amides is 1. The van der Waals surface area contributed by atoms with E-state index in [-0.39, 0.29) is 5.91 Å². The third-order valence-corrected chi connectivity index (χ3v) is 4.72. The molecule has 0 spiro atoms. The highest BCUT2D eigenvalue weighted by Gasteiger charge is 2.15. The van der Waals surface area contributed by atoms with Crippen LogP contribution in [0.2, 0.25) is 0 Å². The maximum Gasteiger partial charge on any atom is 0.230 e. The van der Waals surface area contributed by atoms with Gasteiger partial charge in [0.15, 0.2) is 5.16 Å². The van der Waals surface area contributed by atoms with E-state index in [9.17, 15) is 4.79 Å². The summed E-state index contributed by atoms with van der Waals surface area (Å²) in [6.07, 6.45) is 6.50. The summed E-state index contributed by atoms with van der Waals surface area (Å²) in [6, 6.07) is 0. The van der Waals surface area contributed by atoms with Crippen LogP contribution in [0.3, 0.4) is 0 Å². The Morgan fingerprint density at radius 2 is 2.11 bits per heavy atom. The molecule has 6 heteroatoms. The zero-order valence-electron chi connectivity index (χ0n) is 11.7. The average molecular weight is 282 g/mol. The monoisotopic (exact) mass is 282 g/mol. The van der Waals surface area contributed by atoms with Crippen LogP contribution >= 0.6 is 11.8 Å². The molecular weight excluding hydrogens is 260 g/mol. The Morgan fingerprint density at radius 3 is 2.74 bits per heavy atom. The Kier molecular flexibility index (Phi) is 5.24. The van der Waals surface area contributed by atoms with Crippen molar-refractivity contribution in [1.29, 1.82) is 0 Å². The molecule has 0 bridgehead atoms. The number of nitrogens with zero attached hydrogens (tertiary/aromatic N) is 3. The molecule has 0 atom stereocenters. The number of rotatable bonds is 5. The molecule has 1 N–H and O–H groups in total. The van der Waals surface area contributed by atoms with E-state index in [2.05, 4.69) is 15.5 Å². The summed E-state index contributed by atoms with van der Waals surface area (Å²) < 4.78 is 1.90. The molecule has 2 rings (SSSR count). The predicted octanol–water partition coefficient (Wildman–Crippen LogP) is 1.91. The number of carbonyl (C=O) groups is 1. The highest BCUT2D eigenvalue weighted by molar-refractivity contribution is 7.99. The molecule has 1 aliphatic rings. The second kappa shape index (κ2) is 6.93. The van der Waals surface area contributed by atoms with Gasteiger partial charge < -0.3 is 9.88 Å². The molecule has 19 heavy (non-hydrogen) atoms. The van der Waals surface area contributed by atoms with Gasteiger partial charge in [0.2, 0.25) is 5.91 Å². The van der Waals surface area contributed by atoms with E-state index in [1.807, 2.05) is 18.5 Å². The Morgan fingerprint density at radius 1 is 1.37 bits per heavy atom. The Bertz CT molecular complexity index is 426. The van der Waals surface area contributed by atoms with Crippen molar-refractivity contribution in [3.05, 3.63) is 5.82 Å². The molecule has 0 saturated heterocycles. The van der Waals surface area contributed by atoms with Crippen LogP contribution in [0.25, 0.3) is 0 Å². The van der Waals surface area contributed by atoms with Crippen molar-refractivity contribution in [2.75, 3.05) is 12.3 Å². The molecule has 1 aliphatic carbocycles. The number of thioether (sulfide) groups is 1.